The number of benzene rings is 1. The lowest BCUT2D eigenvalue weighted by Crippen LogP contribution is -2.24. The minimum absolute atomic E-state index is 0.153. The lowest BCUT2D eigenvalue weighted by atomic mass is 10.1. The molecule has 0 atom stereocenters. The molecule has 90 valence electrons. The minimum Gasteiger partial charge on any atom is -0.491 e. The van der Waals surface area contributed by atoms with Gasteiger partial charge < -0.3 is 15.8 Å². The highest BCUT2D eigenvalue weighted by atomic mass is 35.5. The molecule has 0 radical (unpaired) electrons. The third-order valence-corrected chi connectivity index (χ3v) is 2.54. The van der Waals surface area contributed by atoms with Crippen molar-refractivity contribution in [2.45, 2.75) is 0 Å². The molecule has 1 amide bonds. The van der Waals surface area contributed by atoms with E-state index in [-0.39, 0.29) is 11.8 Å². The van der Waals surface area contributed by atoms with E-state index in [0.29, 0.717) is 36.0 Å². The van der Waals surface area contributed by atoms with E-state index in [1.165, 1.54) is 0 Å². The van der Waals surface area contributed by atoms with Crippen LogP contribution in [-0.4, -0.2) is 30.8 Å². The van der Waals surface area contributed by atoms with Crippen molar-refractivity contribution in [3.05, 3.63) is 23.8 Å². The summed E-state index contributed by atoms with van der Waals surface area (Å²) < 4.78 is 5.42. The van der Waals surface area contributed by atoms with E-state index in [4.69, 9.17) is 22.1 Å². The number of carbonyl (C=O) groups excluding carboxylic acids is 1. The average molecular weight is 254 g/mol. The number of carbonyl (C=O) groups is 1. The number of alkyl halides is 1. The number of hydrogen-bond donors (Lipinski definition) is 2. The van der Waals surface area contributed by atoms with Gasteiger partial charge in [0.05, 0.1) is 23.7 Å². The molecule has 0 aromatic heterocycles. The van der Waals surface area contributed by atoms with Gasteiger partial charge in [0.2, 0.25) is 0 Å². The fourth-order valence-corrected chi connectivity index (χ4v) is 1.57. The maximum Gasteiger partial charge on any atom is 0.255 e. The van der Waals surface area contributed by atoms with Crippen LogP contribution in [0.25, 0.3) is 0 Å². The zero-order valence-corrected chi connectivity index (χ0v) is 9.83. The number of nitrogens with one attached hydrogen (secondary N) is 1. The van der Waals surface area contributed by atoms with Gasteiger partial charge in [0.1, 0.15) is 18.2 Å². The number of amides is 1. The summed E-state index contributed by atoms with van der Waals surface area (Å²) in [4.78, 5) is 15.8. The largest absolute Gasteiger partial charge is 0.491 e. The van der Waals surface area contributed by atoms with Gasteiger partial charge in [-0.15, -0.1) is 11.6 Å². The van der Waals surface area contributed by atoms with E-state index >= 15 is 0 Å². The topological polar surface area (TPSA) is 76.7 Å². The summed E-state index contributed by atoms with van der Waals surface area (Å²) in [7, 11) is 0. The second-order valence-corrected chi connectivity index (χ2v) is 3.79. The minimum atomic E-state index is -0.168. The zero-order chi connectivity index (χ0) is 12.3. The molecule has 1 aromatic rings. The summed E-state index contributed by atoms with van der Waals surface area (Å²) in [6.07, 6.45) is 0. The van der Waals surface area contributed by atoms with Crippen LogP contribution in [-0.2, 0) is 0 Å². The predicted octanol–water partition coefficient (Wildman–Crippen LogP) is 1.04. The number of nitrogens with two attached hydrogens (primary N) is 1. The molecular formula is C11H12ClN3O2. The molecule has 0 fully saturated rings. The van der Waals surface area contributed by atoms with Crippen LogP contribution in [0, 0.1) is 0 Å². The fraction of sp³-hybridized carbons (Fsp3) is 0.273. The van der Waals surface area contributed by atoms with Crippen molar-refractivity contribution >= 4 is 29.0 Å². The lowest BCUT2D eigenvalue weighted by molar-refractivity contribution is 0.0957. The Bertz CT molecular complexity index is 474. The third kappa shape index (κ3) is 2.68. The molecule has 1 aromatic carbocycles. The third-order valence-electron chi connectivity index (χ3n) is 2.26. The van der Waals surface area contributed by atoms with Crippen LogP contribution in [0.1, 0.15) is 10.4 Å². The summed E-state index contributed by atoms with van der Waals surface area (Å²) in [5.74, 6) is 0.851. The molecule has 0 bridgehead atoms. The van der Waals surface area contributed by atoms with Crippen molar-refractivity contribution in [1.29, 1.82) is 0 Å². The molecular weight excluding hydrogens is 242 g/mol. The van der Waals surface area contributed by atoms with Gasteiger partial charge in [0.25, 0.3) is 5.91 Å². The number of rotatable bonds is 2. The smallest absolute Gasteiger partial charge is 0.255 e. The van der Waals surface area contributed by atoms with Crippen LogP contribution in [0.2, 0.25) is 0 Å². The van der Waals surface area contributed by atoms with Gasteiger partial charge >= 0.3 is 0 Å². The van der Waals surface area contributed by atoms with Gasteiger partial charge in [-0.05, 0) is 18.2 Å². The second kappa shape index (κ2) is 5.05. The molecule has 0 unspecified atom stereocenters. The van der Waals surface area contributed by atoms with Crippen LogP contribution >= 0.6 is 11.6 Å². The molecule has 17 heavy (non-hydrogen) atoms. The Labute approximate surface area is 104 Å². The Kier molecular flexibility index (Phi) is 3.49. The maximum absolute atomic E-state index is 11.7. The van der Waals surface area contributed by atoms with Crippen LogP contribution in [0.15, 0.2) is 23.2 Å². The van der Waals surface area contributed by atoms with E-state index in [2.05, 4.69) is 10.3 Å². The molecule has 0 aliphatic carbocycles. The predicted molar refractivity (Wildman–Crippen MR) is 66.3 cm³/mol. The number of fused-ring (bicyclic) bond motifs is 1. The Morgan fingerprint density at radius 1 is 1.59 bits per heavy atom. The van der Waals surface area contributed by atoms with Crippen molar-refractivity contribution in [3.63, 3.8) is 0 Å². The van der Waals surface area contributed by atoms with Crippen LogP contribution in [0.4, 0.5) is 5.69 Å². The monoisotopic (exact) mass is 253 g/mol. The van der Waals surface area contributed by atoms with Gasteiger partial charge in [-0.1, -0.05) is 0 Å². The van der Waals surface area contributed by atoms with E-state index in [1.54, 1.807) is 18.2 Å². The summed E-state index contributed by atoms with van der Waals surface area (Å²) in [5.41, 5.74) is 6.58. The number of aliphatic imine (C=N–C) groups is 1. The van der Waals surface area contributed by atoms with Crippen molar-refractivity contribution in [3.8, 4) is 5.75 Å². The summed E-state index contributed by atoms with van der Waals surface area (Å²) in [6, 6.07) is 5.08. The molecule has 0 saturated heterocycles. The molecule has 2 rings (SSSR count). The summed E-state index contributed by atoms with van der Waals surface area (Å²) >= 11 is 5.54. The molecule has 6 heteroatoms. The molecule has 1 heterocycles. The van der Waals surface area contributed by atoms with Crippen molar-refractivity contribution in [1.82, 2.24) is 5.32 Å². The van der Waals surface area contributed by atoms with E-state index in [9.17, 15) is 4.79 Å². The van der Waals surface area contributed by atoms with Crippen molar-refractivity contribution < 1.29 is 9.53 Å². The highest BCUT2D eigenvalue weighted by Crippen LogP contribution is 2.25. The Hall–Kier alpha value is -1.75. The first-order chi connectivity index (χ1) is 8.20. The molecule has 0 spiro atoms. The van der Waals surface area contributed by atoms with E-state index in [1.807, 2.05) is 0 Å². The molecule has 1 aliphatic rings. The SMILES string of the molecule is NC(CCl)=Nc1ccc2c(c1)C(=O)NCCO2. The molecule has 1 aliphatic heterocycles. The maximum atomic E-state index is 11.7. The molecule has 3 N–H and O–H groups in total. The van der Waals surface area contributed by atoms with Gasteiger partial charge in [-0.2, -0.15) is 0 Å². The number of nitrogens with zero attached hydrogens (tertiary/aromatic N) is 1. The van der Waals surface area contributed by atoms with Gasteiger partial charge in [-0.3, -0.25) is 4.79 Å². The number of halogens is 1. The standard InChI is InChI=1S/C11H12ClN3O2/c12-6-10(13)15-7-1-2-9-8(5-7)11(16)14-3-4-17-9/h1-2,5H,3-4,6H2,(H2,13,15)(H,14,16). The number of hydrogen-bond acceptors (Lipinski definition) is 3. The van der Waals surface area contributed by atoms with Crippen LogP contribution in [0.3, 0.4) is 0 Å². The number of amidine groups is 1. The Morgan fingerprint density at radius 3 is 3.18 bits per heavy atom. The first kappa shape index (κ1) is 11.7. The van der Waals surface area contributed by atoms with Gasteiger partial charge in [0.15, 0.2) is 0 Å². The quantitative estimate of drug-likeness (QED) is 0.470. The summed E-state index contributed by atoms with van der Waals surface area (Å²) in [6.45, 7) is 0.959. The second-order valence-electron chi connectivity index (χ2n) is 3.52. The lowest BCUT2D eigenvalue weighted by Gasteiger charge is -2.05. The van der Waals surface area contributed by atoms with Crippen LogP contribution in [0.5, 0.6) is 5.75 Å². The highest BCUT2D eigenvalue weighted by Gasteiger charge is 2.16. The highest BCUT2D eigenvalue weighted by molar-refractivity contribution is 6.28. The fourth-order valence-electron chi connectivity index (χ4n) is 1.51. The first-order valence-corrected chi connectivity index (χ1v) is 5.68. The Balaban J connectivity index is 2.38. The van der Waals surface area contributed by atoms with Crippen LogP contribution < -0.4 is 15.8 Å². The van der Waals surface area contributed by atoms with E-state index < -0.39 is 0 Å². The first-order valence-electron chi connectivity index (χ1n) is 5.15. The molecule has 0 saturated carbocycles. The molecule has 5 nitrogen and oxygen atoms in total. The van der Waals surface area contributed by atoms with Crippen molar-refractivity contribution in [2.75, 3.05) is 19.0 Å². The average Bonchev–Trinajstić information content (AvgIpc) is 2.52. The zero-order valence-electron chi connectivity index (χ0n) is 9.07. The van der Waals surface area contributed by atoms with E-state index in [0.717, 1.165) is 0 Å². The Morgan fingerprint density at radius 2 is 2.41 bits per heavy atom. The summed E-state index contributed by atoms with van der Waals surface area (Å²) in [5, 5.41) is 2.73. The normalized spacial score (nSPS) is 15.6. The van der Waals surface area contributed by atoms with Gasteiger partial charge in [0, 0.05) is 0 Å². The number of ether oxygens (including phenoxy) is 1. The van der Waals surface area contributed by atoms with Crippen molar-refractivity contribution in [2.24, 2.45) is 10.7 Å². The van der Waals surface area contributed by atoms with Gasteiger partial charge in [-0.25, -0.2) is 4.99 Å².